The van der Waals surface area contributed by atoms with Gasteiger partial charge in [0.05, 0.1) is 0 Å². The molecule has 1 fully saturated rings. The fourth-order valence-corrected chi connectivity index (χ4v) is 1.75. The van der Waals surface area contributed by atoms with Gasteiger partial charge in [0.15, 0.2) is 6.61 Å². The molecular weight excluding hydrogens is 247 g/mol. The van der Waals surface area contributed by atoms with Crippen molar-refractivity contribution in [3.8, 4) is 5.75 Å². The SMILES string of the molecule is CC(N)c1ccc(OCC(=O)NCC2CC2)cc1F. The van der Waals surface area contributed by atoms with Crippen molar-refractivity contribution < 1.29 is 13.9 Å². The Kier molecular flexibility index (Phi) is 4.37. The minimum atomic E-state index is -0.411. The number of ether oxygens (including phenoxy) is 1. The van der Waals surface area contributed by atoms with Gasteiger partial charge in [-0.05, 0) is 31.7 Å². The Bertz CT molecular complexity index is 459. The molecule has 104 valence electrons. The van der Waals surface area contributed by atoms with Crippen molar-refractivity contribution >= 4 is 5.91 Å². The van der Waals surface area contributed by atoms with E-state index < -0.39 is 5.82 Å². The minimum absolute atomic E-state index is 0.0936. The number of amides is 1. The molecule has 1 aliphatic rings. The largest absolute Gasteiger partial charge is 0.484 e. The van der Waals surface area contributed by atoms with Crippen molar-refractivity contribution in [3.63, 3.8) is 0 Å². The predicted molar refractivity (Wildman–Crippen MR) is 70.2 cm³/mol. The summed E-state index contributed by atoms with van der Waals surface area (Å²) in [6, 6.07) is 4.09. The van der Waals surface area contributed by atoms with E-state index in [9.17, 15) is 9.18 Å². The molecule has 1 saturated carbocycles. The first-order valence-corrected chi connectivity index (χ1v) is 6.51. The summed E-state index contributed by atoms with van der Waals surface area (Å²) >= 11 is 0. The third-order valence-corrected chi connectivity index (χ3v) is 3.12. The number of hydrogen-bond donors (Lipinski definition) is 2. The summed E-state index contributed by atoms with van der Waals surface area (Å²) in [5.74, 6) is 0.379. The van der Waals surface area contributed by atoms with Crippen LogP contribution in [0.15, 0.2) is 18.2 Å². The molecule has 0 bridgehead atoms. The number of rotatable bonds is 6. The smallest absolute Gasteiger partial charge is 0.257 e. The monoisotopic (exact) mass is 266 g/mol. The number of halogens is 1. The topological polar surface area (TPSA) is 64.3 Å². The molecule has 4 nitrogen and oxygen atoms in total. The Hall–Kier alpha value is -1.62. The van der Waals surface area contributed by atoms with E-state index in [1.165, 1.54) is 18.9 Å². The standard InChI is InChI=1S/C14H19FN2O2/c1-9(16)12-5-4-11(6-13(12)15)19-8-14(18)17-7-10-2-3-10/h4-6,9-10H,2-3,7-8,16H2,1H3,(H,17,18). The van der Waals surface area contributed by atoms with Gasteiger partial charge >= 0.3 is 0 Å². The molecule has 0 heterocycles. The molecule has 1 atom stereocenters. The van der Waals surface area contributed by atoms with Gasteiger partial charge in [0.25, 0.3) is 5.91 Å². The van der Waals surface area contributed by atoms with Gasteiger partial charge in [0.1, 0.15) is 11.6 Å². The van der Waals surface area contributed by atoms with Crippen LogP contribution < -0.4 is 15.8 Å². The van der Waals surface area contributed by atoms with E-state index in [1.54, 1.807) is 19.1 Å². The van der Waals surface area contributed by atoms with E-state index in [0.29, 0.717) is 23.8 Å². The second-order valence-electron chi connectivity index (χ2n) is 5.01. The van der Waals surface area contributed by atoms with E-state index >= 15 is 0 Å². The predicted octanol–water partition coefficient (Wildman–Crippen LogP) is 1.75. The third kappa shape index (κ3) is 4.21. The lowest BCUT2D eigenvalue weighted by molar-refractivity contribution is -0.123. The molecule has 1 aromatic carbocycles. The van der Waals surface area contributed by atoms with Crippen LogP contribution in [0.2, 0.25) is 0 Å². The van der Waals surface area contributed by atoms with Gasteiger partial charge in [-0.2, -0.15) is 0 Å². The highest BCUT2D eigenvalue weighted by Crippen LogP contribution is 2.27. The molecule has 1 amide bonds. The maximum absolute atomic E-state index is 13.6. The van der Waals surface area contributed by atoms with Crippen LogP contribution in [0.4, 0.5) is 4.39 Å². The molecule has 1 unspecified atom stereocenters. The maximum atomic E-state index is 13.6. The Labute approximate surface area is 112 Å². The van der Waals surface area contributed by atoms with Crippen LogP contribution in [0, 0.1) is 11.7 Å². The number of nitrogens with one attached hydrogen (secondary N) is 1. The lowest BCUT2D eigenvalue weighted by atomic mass is 10.1. The first-order valence-electron chi connectivity index (χ1n) is 6.51. The highest BCUT2D eigenvalue weighted by molar-refractivity contribution is 5.77. The highest BCUT2D eigenvalue weighted by Gasteiger charge is 2.21. The summed E-state index contributed by atoms with van der Waals surface area (Å²) in [7, 11) is 0. The minimum Gasteiger partial charge on any atom is -0.484 e. The number of nitrogens with two attached hydrogens (primary N) is 1. The van der Waals surface area contributed by atoms with Crippen LogP contribution in [-0.4, -0.2) is 19.1 Å². The van der Waals surface area contributed by atoms with Crippen molar-refractivity contribution in [2.24, 2.45) is 11.7 Å². The average molecular weight is 266 g/mol. The van der Waals surface area contributed by atoms with E-state index in [4.69, 9.17) is 10.5 Å². The molecule has 0 saturated heterocycles. The first kappa shape index (κ1) is 13.8. The second kappa shape index (κ2) is 6.02. The molecule has 5 heteroatoms. The van der Waals surface area contributed by atoms with Gasteiger partial charge in [0, 0.05) is 24.2 Å². The summed E-state index contributed by atoms with van der Waals surface area (Å²) < 4.78 is 18.9. The molecule has 1 aromatic rings. The quantitative estimate of drug-likeness (QED) is 0.824. The molecular formula is C14H19FN2O2. The Morgan fingerprint density at radius 2 is 2.32 bits per heavy atom. The van der Waals surface area contributed by atoms with Crippen molar-refractivity contribution in [1.29, 1.82) is 0 Å². The Morgan fingerprint density at radius 3 is 2.89 bits per heavy atom. The summed E-state index contributed by atoms with van der Waals surface area (Å²) in [6.07, 6.45) is 2.37. The van der Waals surface area contributed by atoms with Crippen molar-refractivity contribution in [3.05, 3.63) is 29.6 Å². The van der Waals surface area contributed by atoms with E-state index in [1.807, 2.05) is 0 Å². The van der Waals surface area contributed by atoms with Gasteiger partial charge in [0.2, 0.25) is 0 Å². The second-order valence-corrected chi connectivity index (χ2v) is 5.01. The first-order chi connectivity index (χ1) is 9.06. The Morgan fingerprint density at radius 1 is 1.58 bits per heavy atom. The lowest BCUT2D eigenvalue weighted by Gasteiger charge is -2.10. The van der Waals surface area contributed by atoms with Crippen molar-refractivity contribution in [1.82, 2.24) is 5.32 Å². The average Bonchev–Trinajstić information content (AvgIpc) is 3.17. The van der Waals surface area contributed by atoms with Gasteiger partial charge < -0.3 is 15.8 Å². The van der Waals surface area contributed by atoms with Gasteiger partial charge in [-0.15, -0.1) is 0 Å². The summed E-state index contributed by atoms with van der Waals surface area (Å²) in [4.78, 5) is 11.5. The zero-order chi connectivity index (χ0) is 13.8. The van der Waals surface area contributed by atoms with Crippen LogP contribution in [0.3, 0.4) is 0 Å². The van der Waals surface area contributed by atoms with Crippen LogP contribution in [-0.2, 0) is 4.79 Å². The van der Waals surface area contributed by atoms with Crippen LogP contribution in [0.25, 0.3) is 0 Å². The van der Waals surface area contributed by atoms with Gasteiger partial charge in [-0.1, -0.05) is 6.07 Å². The zero-order valence-electron chi connectivity index (χ0n) is 11.0. The molecule has 0 radical (unpaired) electrons. The van der Waals surface area contributed by atoms with Crippen molar-refractivity contribution in [2.75, 3.05) is 13.2 Å². The van der Waals surface area contributed by atoms with E-state index in [0.717, 1.165) is 0 Å². The fraction of sp³-hybridized carbons (Fsp3) is 0.500. The fourth-order valence-electron chi connectivity index (χ4n) is 1.75. The molecule has 2 rings (SSSR count). The molecule has 0 spiro atoms. The number of carbonyl (C=O) groups is 1. The highest BCUT2D eigenvalue weighted by atomic mass is 19.1. The summed E-state index contributed by atoms with van der Waals surface area (Å²) in [6.45, 7) is 2.33. The number of carbonyl (C=O) groups excluding carboxylic acids is 1. The number of hydrogen-bond acceptors (Lipinski definition) is 3. The summed E-state index contributed by atoms with van der Waals surface area (Å²) in [5, 5.41) is 2.78. The normalized spacial score (nSPS) is 15.9. The molecule has 1 aliphatic carbocycles. The lowest BCUT2D eigenvalue weighted by Crippen LogP contribution is -2.30. The zero-order valence-corrected chi connectivity index (χ0v) is 11.0. The van der Waals surface area contributed by atoms with Crippen LogP contribution in [0.1, 0.15) is 31.4 Å². The number of benzene rings is 1. The summed E-state index contributed by atoms with van der Waals surface area (Å²) in [5.41, 5.74) is 6.05. The Balaban J connectivity index is 1.81. The third-order valence-electron chi connectivity index (χ3n) is 3.12. The maximum Gasteiger partial charge on any atom is 0.257 e. The van der Waals surface area contributed by atoms with Gasteiger partial charge in [-0.3, -0.25) is 4.79 Å². The van der Waals surface area contributed by atoms with Crippen LogP contribution >= 0.6 is 0 Å². The van der Waals surface area contributed by atoms with Crippen molar-refractivity contribution in [2.45, 2.75) is 25.8 Å². The van der Waals surface area contributed by atoms with E-state index in [2.05, 4.69) is 5.32 Å². The van der Waals surface area contributed by atoms with Crippen LogP contribution in [0.5, 0.6) is 5.75 Å². The molecule has 0 aromatic heterocycles. The molecule has 0 aliphatic heterocycles. The molecule has 3 N–H and O–H groups in total. The van der Waals surface area contributed by atoms with Gasteiger partial charge in [-0.25, -0.2) is 4.39 Å². The van der Waals surface area contributed by atoms with E-state index in [-0.39, 0.29) is 18.6 Å². The molecule has 19 heavy (non-hydrogen) atoms.